The average Bonchev–Trinajstić information content (AvgIpc) is 2.75. The highest BCUT2D eigenvalue weighted by Crippen LogP contribution is 2.14. The van der Waals surface area contributed by atoms with E-state index in [1.54, 1.807) is 13.2 Å². The molecule has 0 bridgehead atoms. The number of nitrogens with one attached hydrogen (secondary N) is 2. The van der Waals surface area contributed by atoms with Crippen LogP contribution in [0.5, 0.6) is 0 Å². The molecular weight excluding hydrogens is 495 g/mol. The van der Waals surface area contributed by atoms with Crippen molar-refractivity contribution in [1.29, 1.82) is 0 Å². The van der Waals surface area contributed by atoms with Crippen molar-refractivity contribution in [1.82, 2.24) is 10.2 Å². The number of amides is 1. The highest BCUT2D eigenvalue weighted by molar-refractivity contribution is 14.0. The van der Waals surface area contributed by atoms with E-state index < -0.39 is 0 Å². The first kappa shape index (κ1) is 26.2. The van der Waals surface area contributed by atoms with Gasteiger partial charge in [-0.3, -0.25) is 4.79 Å². The van der Waals surface area contributed by atoms with Gasteiger partial charge in [-0.15, -0.1) is 30.4 Å². The predicted octanol–water partition coefficient (Wildman–Crippen LogP) is 2.71. The Morgan fingerprint density at radius 1 is 1.33 bits per heavy atom. The number of anilines is 1. The summed E-state index contributed by atoms with van der Waals surface area (Å²) in [4.78, 5) is 19.0. The standard InChI is InChI=1S/C22H32N4O3.HI/c1-4-18-8-6-9-19(16-18)25-21(27)17-24-22(23-5-2)26-12-10-20(11-13-26)29-15-7-14-28-3;/h1,6,8-9,16,20H,5,7,10-15,17H2,2-3H3,(H,23,24)(H,25,27);1H. The van der Waals surface area contributed by atoms with Crippen molar-refractivity contribution >= 4 is 41.5 Å². The molecule has 1 heterocycles. The van der Waals surface area contributed by atoms with E-state index in [-0.39, 0.29) is 42.5 Å². The molecule has 0 saturated carbocycles. The van der Waals surface area contributed by atoms with Crippen molar-refractivity contribution in [3.8, 4) is 12.3 Å². The number of guanidine groups is 1. The van der Waals surface area contributed by atoms with Crippen LogP contribution in [-0.2, 0) is 14.3 Å². The molecule has 1 aliphatic heterocycles. The van der Waals surface area contributed by atoms with Crippen LogP contribution in [0.1, 0.15) is 31.7 Å². The van der Waals surface area contributed by atoms with Crippen LogP contribution in [0.25, 0.3) is 0 Å². The number of carbonyl (C=O) groups excluding carboxylic acids is 1. The maximum Gasteiger partial charge on any atom is 0.246 e. The summed E-state index contributed by atoms with van der Waals surface area (Å²) in [5.74, 6) is 3.15. The fraction of sp³-hybridized carbons (Fsp3) is 0.545. The van der Waals surface area contributed by atoms with Gasteiger partial charge in [0.1, 0.15) is 6.54 Å². The third-order valence-electron chi connectivity index (χ3n) is 4.61. The minimum atomic E-state index is -0.175. The van der Waals surface area contributed by atoms with Gasteiger partial charge in [0.05, 0.1) is 6.10 Å². The van der Waals surface area contributed by atoms with Crippen molar-refractivity contribution in [2.24, 2.45) is 4.99 Å². The molecule has 2 N–H and O–H groups in total. The van der Waals surface area contributed by atoms with Gasteiger partial charge < -0.3 is 25.0 Å². The second-order valence-corrected chi connectivity index (χ2v) is 6.85. The average molecular weight is 528 g/mol. The van der Waals surface area contributed by atoms with Crippen LogP contribution in [0.4, 0.5) is 5.69 Å². The number of likely N-dealkylation sites (tertiary alicyclic amines) is 1. The Labute approximate surface area is 197 Å². The number of terminal acetylenes is 1. The van der Waals surface area contributed by atoms with Gasteiger partial charge in [0.2, 0.25) is 5.91 Å². The lowest BCUT2D eigenvalue weighted by molar-refractivity contribution is -0.114. The fourth-order valence-electron chi connectivity index (χ4n) is 3.15. The number of rotatable bonds is 9. The second-order valence-electron chi connectivity index (χ2n) is 6.85. The molecule has 30 heavy (non-hydrogen) atoms. The van der Waals surface area contributed by atoms with E-state index in [0.717, 1.165) is 63.6 Å². The molecule has 1 aromatic carbocycles. The largest absolute Gasteiger partial charge is 0.385 e. The Balaban J connectivity index is 0.00000450. The van der Waals surface area contributed by atoms with E-state index in [1.807, 2.05) is 25.1 Å². The molecular formula is C22H33IN4O3. The van der Waals surface area contributed by atoms with Crippen LogP contribution in [0, 0.1) is 12.3 Å². The molecule has 1 aliphatic rings. The molecule has 1 fully saturated rings. The van der Waals surface area contributed by atoms with Crippen molar-refractivity contribution < 1.29 is 14.3 Å². The monoisotopic (exact) mass is 528 g/mol. The van der Waals surface area contributed by atoms with Crippen LogP contribution in [0.15, 0.2) is 29.3 Å². The maximum absolute atomic E-state index is 12.3. The molecule has 0 aliphatic carbocycles. The van der Waals surface area contributed by atoms with Gasteiger partial charge in [0.25, 0.3) is 0 Å². The lowest BCUT2D eigenvalue weighted by atomic mass is 10.1. The normalized spacial score (nSPS) is 14.6. The summed E-state index contributed by atoms with van der Waals surface area (Å²) in [6.45, 7) is 5.98. The minimum absolute atomic E-state index is 0. The number of aliphatic imine (C=N–C) groups is 1. The second kappa shape index (κ2) is 15.0. The predicted molar refractivity (Wildman–Crippen MR) is 131 cm³/mol. The Hall–Kier alpha value is -1.83. The Morgan fingerprint density at radius 2 is 2.10 bits per heavy atom. The molecule has 0 aromatic heterocycles. The van der Waals surface area contributed by atoms with Gasteiger partial charge in [-0.05, 0) is 44.4 Å². The number of nitrogens with zero attached hydrogens (tertiary/aromatic N) is 2. The molecule has 7 nitrogen and oxygen atoms in total. The first-order valence-electron chi connectivity index (χ1n) is 10.2. The summed E-state index contributed by atoms with van der Waals surface area (Å²) < 4.78 is 11.0. The van der Waals surface area contributed by atoms with Crippen LogP contribution in [0.2, 0.25) is 0 Å². The van der Waals surface area contributed by atoms with Crippen LogP contribution in [-0.4, -0.2) is 69.4 Å². The summed E-state index contributed by atoms with van der Waals surface area (Å²) in [6.07, 6.45) is 8.49. The number of carbonyl (C=O) groups is 1. The first-order valence-corrected chi connectivity index (χ1v) is 10.2. The number of methoxy groups -OCH3 is 1. The van der Waals surface area contributed by atoms with Crippen molar-refractivity contribution in [3.05, 3.63) is 29.8 Å². The van der Waals surface area contributed by atoms with Crippen molar-refractivity contribution in [2.75, 3.05) is 51.8 Å². The van der Waals surface area contributed by atoms with E-state index in [9.17, 15) is 4.79 Å². The lowest BCUT2D eigenvalue weighted by Crippen LogP contribution is -2.47. The van der Waals surface area contributed by atoms with Crippen molar-refractivity contribution in [2.45, 2.75) is 32.3 Å². The maximum atomic E-state index is 12.3. The van der Waals surface area contributed by atoms with Crippen LogP contribution >= 0.6 is 24.0 Å². The van der Waals surface area contributed by atoms with Crippen LogP contribution < -0.4 is 10.6 Å². The fourth-order valence-corrected chi connectivity index (χ4v) is 3.15. The number of hydrogen-bond acceptors (Lipinski definition) is 4. The molecule has 1 aromatic rings. The summed E-state index contributed by atoms with van der Waals surface area (Å²) >= 11 is 0. The summed E-state index contributed by atoms with van der Waals surface area (Å²) in [5.41, 5.74) is 1.41. The van der Waals surface area contributed by atoms with E-state index in [2.05, 4.69) is 26.4 Å². The number of hydrogen-bond donors (Lipinski definition) is 2. The van der Waals surface area contributed by atoms with Gasteiger partial charge in [-0.1, -0.05) is 12.0 Å². The molecule has 166 valence electrons. The van der Waals surface area contributed by atoms with E-state index in [1.165, 1.54) is 0 Å². The zero-order chi connectivity index (χ0) is 20.9. The van der Waals surface area contributed by atoms with Gasteiger partial charge in [-0.25, -0.2) is 4.99 Å². The summed E-state index contributed by atoms with van der Waals surface area (Å²) in [7, 11) is 1.70. The number of halogens is 1. The molecule has 0 atom stereocenters. The highest BCUT2D eigenvalue weighted by atomic mass is 127. The SMILES string of the molecule is C#Cc1cccc(NC(=O)CN=C(NCC)N2CCC(OCCCOC)CC2)c1.I. The van der Waals surface area contributed by atoms with Gasteiger partial charge in [0.15, 0.2) is 5.96 Å². The molecule has 1 saturated heterocycles. The van der Waals surface area contributed by atoms with Gasteiger partial charge in [0, 0.05) is 51.2 Å². The third kappa shape index (κ3) is 9.32. The van der Waals surface area contributed by atoms with Gasteiger partial charge >= 0.3 is 0 Å². The lowest BCUT2D eigenvalue weighted by Gasteiger charge is -2.34. The number of piperidine rings is 1. The topological polar surface area (TPSA) is 75.2 Å². The number of ether oxygens (including phenoxy) is 2. The smallest absolute Gasteiger partial charge is 0.246 e. The molecule has 8 heteroatoms. The first-order chi connectivity index (χ1) is 14.2. The van der Waals surface area contributed by atoms with Crippen molar-refractivity contribution in [3.63, 3.8) is 0 Å². The van der Waals surface area contributed by atoms with E-state index in [0.29, 0.717) is 5.69 Å². The molecule has 0 radical (unpaired) electrons. The zero-order valence-electron chi connectivity index (χ0n) is 17.9. The Bertz CT molecular complexity index is 713. The summed E-state index contributed by atoms with van der Waals surface area (Å²) in [5, 5.41) is 6.12. The quantitative estimate of drug-likeness (QED) is 0.170. The van der Waals surface area contributed by atoms with Crippen LogP contribution in [0.3, 0.4) is 0 Å². The zero-order valence-corrected chi connectivity index (χ0v) is 20.2. The molecule has 0 unspecified atom stereocenters. The Morgan fingerprint density at radius 3 is 2.77 bits per heavy atom. The summed E-state index contributed by atoms with van der Waals surface area (Å²) in [6, 6.07) is 7.22. The highest BCUT2D eigenvalue weighted by Gasteiger charge is 2.22. The van der Waals surface area contributed by atoms with Gasteiger partial charge in [-0.2, -0.15) is 0 Å². The Kier molecular flexibility index (Phi) is 13.1. The molecule has 1 amide bonds. The van der Waals surface area contributed by atoms with E-state index >= 15 is 0 Å². The minimum Gasteiger partial charge on any atom is -0.385 e. The molecule has 0 spiro atoms. The number of benzene rings is 1. The van der Waals surface area contributed by atoms with E-state index in [4.69, 9.17) is 15.9 Å². The molecule has 2 rings (SSSR count). The third-order valence-corrected chi connectivity index (χ3v) is 4.61.